The molecule has 30 heavy (non-hydrogen) atoms. The SMILES string of the molecule is Cc1cnc(NC(=O)C2CCCCN2c2ccc(-c3noc(C(C)C)n3)cc2F)s1. The molecule has 3 aromatic rings. The van der Waals surface area contributed by atoms with Crippen LogP contribution in [0.4, 0.5) is 15.2 Å². The molecule has 1 saturated heterocycles. The van der Waals surface area contributed by atoms with E-state index in [1.54, 1.807) is 18.3 Å². The highest BCUT2D eigenvalue weighted by atomic mass is 32.1. The molecule has 1 atom stereocenters. The fraction of sp³-hybridized carbons (Fsp3) is 0.429. The first-order valence-electron chi connectivity index (χ1n) is 10.1. The van der Waals surface area contributed by atoms with Crippen molar-refractivity contribution in [3.63, 3.8) is 0 Å². The number of carbonyl (C=O) groups is 1. The predicted octanol–water partition coefficient (Wildman–Crippen LogP) is 4.76. The van der Waals surface area contributed by atoms with E-state index in [1.165, 1.54) is 17.4 Å². The Labute approximate surface area is 178 Å². The molecule has 0 aliphatic carbocycles. The quantitative estimate of drug-likeness (QED) is 0.629. The Morgan fingerprint density at radius 2 is 2.20 bits per heavy atom. The maximum atomic E-state index is 15.1. The number of hydrogen-bond acceptors (Lipinski definition) is 7. The standard InChI is InChI=1S/C21H24FN5O2S/c1-12(2)20-24-18(26-29-20)14-7-8-16(15(22)10-14)27-9-5-4-6-17(27)19(28)25-21-23-11-13(3)30-21/h7-8,10-12,17H,4-6,9H2,1-3H3,(H,23,25,28). The molecule has 3 heterocycles. The van der Waals surface area contributed by atoms with Gasteiger partial charge >= 0.3 is 0 Å². The summed E-state index contributed by atoms with van der Waals surface area (Å²) in [4.78, 5) is 24.3. The van der Waals surface area contributed by atoms with Gasteiger partial charge in [0, 0.05) is 29.1 Å². The molecule has 0 bridgehead atoms. The van der Waals surface area contributed by atoms with Gasteiger partial charge in [0.2, 0.25) is 17.6 Å². The Bertz CT molecular complexity index is 1050. The lowest BCUT2D eigenvalue weighted by molar-refractivity contribution is -0.117. The summed E-state index contributed by atoms with van der Waals surface area (Å²) in [7, 11) is 0. The number of benzene rings is 1. The second-order valence-electron chi connectivity index (χ2n) is 7.75. The molecule has 1 aromatic carbocycles. The zero-order valence-electron chi connectivity index (χ0n) is 17.2. The highest BCUT2D eigenvalue weighted by molar-refractivity contribution is 7.15. The van der Waals surface area contributed by atoms with Gasteiger partial charge in [0.15, 0.2) is 5.13 Å². The molecule has 4 rings (SSSR count). The molecule has 0 radical (unpaired) electrons. The summed E-state index contributed by atoms with van der Waals surface area (Å²) in [6.07, 6.45) is 4.22. The number of thiazole rings is 1. The van der Waals surface area contributed by atoms with E-state index in [0.717, 1.165) is 17.7 Å². The van der Waals surface area contributed by atoms with Gasteiger partial charge in [-0.3, -0.25) is 4.79 Å². The van der Waals surface area contributed by atoms with E-state index in [2.05, 4.69) is 20.4 Å². The molecule has 1 amide bonds. The average Bonchev–Trinajstić information content (AvgIpc) is 3.37. The van der Waals surface area contributed by atoms with E-state index in [9.17, 15) is 4.79 Å². The van der Waals surface area contributed by atoms with Gasteiger partial charge in [0.25, 0.3) is 0 Å². The third-order valence-corrected chi connectivity index (χ3v) is 5.94. The summed E-state index contributed by atoms with van der Waals surface area (Å²) in [5.41, 5.74) is 0.949. The monoisotopic (exact) mass is 429 g/mol. The zero-order valence-corrected chi connectivity index (χ0v) is 18.0. The van der Waals surface area contributed by atoms with E-state index in [4.69, 9.17) is 4.52 Å². The number of nitrogens with zero attached hydrogens (tertiary/aromatic N) is 4. The van der Waals surface area contributed by atoms with Crippen molar-refractivity contribution < 1.29 is 13.7 Å². The molecule has 0 saturated carbocycles. The normalized spacial score (nSPS) is 16.8. The summed E-state index contributed by atoms with van der Waals surface area (Å²) in [5, 5.41) is 7.39. The lowest BCUT2D eigenvalue weighted by atomic mass is 10.00. The van der Waals surface area contributed by atoms with Crippen molar-refractivity contribution in [2.45, 2.75) is 52.0 Å². The third kappa shape index (κ3) is 4.21. The van der Waals surface area contributed by atoms with Crippen LogP contribution in [0.25, 0.3) is 11.4 Å². The molecule has 1 N–H and O–H groups in total. The molecular formula is C21H24FN5O2S. The number of halogens is 1. The number of aromatic nitrogens is 3. The van der Waals surface area contributed by atoms with E-state index in [1.807, 2.05) is 25.7 Å². The average molecular weight is 430 g/mol. The number of anilines is 2. The van der Waals surface area contributed by atoms with Crippen molar-refractivity contribution in [1.82, 2.24) is 15.1 Å². The van der Waals surface area contributed by atoms with Crippen molar-refractivity contribution in [3.05, 3.63) is 41.0 Å². The van der Waals surface area contributed by atoms with Crippen LogP contribution in [0.15, 0.2) is 28.9 Å². The Hall–Kier alpha value is -2.81. The number of aryl methyl sites for hydroxylation is 1. The Morgan fingerprint density at radius 1 is 1.37 bits per heavy atom. The first-order chi connectivity index (χ1) is 14.4. The van der Waals surface area contributed by atoms with Crippen LogP contribution in [-0.4, -0.2) is 33.6 Å². The molecule has 7 nitrogen and oxygen atoms in total. The first kappa shape index (κ1) is 20.5. The van der Waals surface area contributed by atoms with E-state index in [-0.39, 0.29) is 11.8 Å². The van der Waals surface area contributed by atoms with Gasteiger partial charge in [-0.2, -0.15) is 4.98 Å². The van der Waals surface area contributed by atoms with Crippen LogP contribution in [0.5, 0.6) is 0 Å². The number of hydrogen-bond donors (Lipinski definition) is 1. The van der Waals surface area contributed by atoms with Crippen molar-refractivity contribution in [3.8, 4) is 11.4 Å². The largest absolute Gasteiger partial charge is 0.357 e. The first-order valence-corrected chi connectivity index (χ1v) is 10.9. The molecule has 1 fully saturated rings. The van der Waals surface area contributed by atoms with Crippen molar-refractivity contribution in [1.29, 1.82) is 0 Å². The van der Waals surface area contributed by atoms with Gasteiger partial charge in [-0.25, -0.2) is 9.37 Å². The molecule has 9 heteroatoms. The van der Waals surface area contributed by atoms with Crippen molar-refractivity contribution in [2.24, 2.45) is 0 Å². The van der Waals surface area contributed by atoms with Crippen LogP contribution in [0.2, 0.25) is 0 Å². The van der Waals surface area contributed by atoms with Gasteiger partial charge in [0.1, 0.15) is 11.9 Å². The van der Waals surface area contributed by atoms with E-state index in [0.29, 0.717) is 41.1 Å². The maximum Gasteiger partial charge on any atom is 0.248 e. The van der Waals surface area contributed by atoms with Crippen LogP contribution in [0.1, 0.15) is 49.8 Å². The van der Waals surface area contributed by atoms with Crippen molar-refractivity contribution >= 4 is 28.1 Å². The fourth-order valence-electron chi connectivity index (χ4n) is 3.56. The Kier molecular flexibility index (Phi) is 5.80. The minimum atomic E-state index is -0.443. The lowest BCUT2D eigenvalue weighted by Gasteiger charge is -2.36. The molecule has 0 spiro atoms. The summed E-state index contributed by atoms with van der Waals surface area (Å²) in [5.74, 6) is 0.404. The number of piperidine rings is 1. The second-order valence-corrected chi connectivity index (χ2v) is 8.98. The number of rotatable bonds is 5. The van der Waals surface area contributed by atoms with Crippen LogP contribution < -0.4 is 10.2 Å². The van der Waals surface area contributed by atoms with Gasteiger partial charge < -0.3 is 14.7 Å². The second kappa shape index (κ2) is 8.51. The summed E-state index contributed by atoms with van der Waals surface area (Å²) < 4.78 is 20.3. The van der Waals surface area contributed by atoms with Crippen LogP contribution in [-0.2, 0) is 4.79 Å². The van der Waals surface area contributed by atoms with Gasteiger partial charge in [-0.1, -0.05) is 19.0 Å². The van der Waals surface area contributed by atoms with Gasteiger partial charge in [0.05, 0.1) is 5.69 Å². The van der Waals surface area contributed by atoms with Crippen LogP contribution >= 0.6 is 11.3 Å². The molecule has 158 valence electrons. The highest BCUT2D eigenvalue weighted by Crippen LogP contribution is 2.31. The molecule has 1 unspecified atom stereocenters. The van der Waals surface area contributed by atoms with Crippen molar-refractivity contribution in [2.75, 3.05) is 16.8 Å². The van der Waals surface area contributed by atoms with E-state index >= 15 is 4.39 Å². The predicted molar refractivity (Wildman–Crippen MR) is 114 cm³/mol. The zero-order chi connectivity index (χ0) is 21.3. The summed E-state index contributed by atoms with van der Waals surface area (Å²) in [6, 6.07) is 4.41. The number of amides is 1. The topological polar surface area (TPSA) is 84.2 Å². The smallest absolute Gasteiger partial charge is 0.248 e. The minimum Gasteiger partial charge on any atom is -0.357 e. The van der Waals surface area contributed by atoms with Crippen LogP contribution in [0.3, 0.4) is 0 Å². The maximum absolute atomic E-state index is 15.1. The number of carbonyl (C=O) groups excluding carboxylic acids is 1. The molecule has 1 aliphatic rings. The number of nitrogens with one attached hydrogen (secondary N) is 1. The summed E-state index contributed by atoms with van der Waals surface area (Å²) >= 11 is 1.43. The third-order valence-electron chi connectivity index (χ3n) is 5.11. The van der Waals surface area contributed by atoms with Gasteiger partial charge in [-0.05, 0) is 44.4 Å². The lowest BCUT2D eigenvalue weighted by Crippen LogP contribution is -2.47. The Morgan fingerprint density at radius 3 is 2.87 bits per heavy atom. The van der Waals surface area contributed by atoms with Gasteiger partial charge in [-0.15, -0.1) is 11.3 Å². The molecule has 1 aliphatic heterocycles. The minimum absolute atomic E-state index is 0.101. The molecule has 2 aromatic heterocycles. The molecular weight excluding hydrogens is 405 g/mol. The Balaban J connectivity index is 1.56. The van der Waals surface area contributed by atoms with E-state index < -0.39 is 11.9 Å². The summed E-state index contributed by atoms with van der Waals surface area (Å²) in [6.45, 7) is 6.46. The van der Waals surface area contributed by atoms with Crippen LogP contribution in [0, 0.1) is 12.7 Å². The highest BCUT2D eigenvalue weighted by Gasteiger charge is 2.31. The fourth-order valence-corrected chi connectivity index (χ4v) is 4.23.